The lowest BCUT2D eigenvalue weighted by Gasteiger charge is -2.25. The summed E-state index contributed by atoms with van der Waals surface area (Å²) in [6.45, 7) is 0. The van der Waals surface area contributed by atoms with Gasteiger partial charge in [-0.1, -0.05) is 75.6 Å². The van der Waals surface area contributed by atoms with Crippen molar-refractivity contribution in [2.75, 3.05) is 0 Å². The Morgan fingerprint density at radius 2 is 1.12 bits per heavy atom. The zero-order chi connectivity index (χ0) is 17.6. The Bertz CT molecular complexity index is 636. The molecule has 1 aromatic heterocycles. The van der Waals surface area contributed by atoms with Gasteiger partial charge in [-0.15, -0.1) is 0 Å². The minimum atomic E-state index is 0.722. The van der Waals surface area contributed by atoms with Crippen molar-refractivity contribution in [1.29, 1.82) is 0 Å². The molecule has 26 heavy (non-hydrogen) atoms. The van der Waals surface area contributed by atoms with Gasteiger partial charge in [0.2, 0.25) is 0 Å². The van der Waals surface area contributed by atoms with Crippen molar-refractivity contribution in [3.63, 3.8) is 0 Å². The third kappa shape index (κ3) is 4.03. The smallest absolute Gasteiger partial charge is 0.0707 e. The molecule has 0 aliphatic heterocycles. The topological polar surface area (TPSA) is 12.9 Å². The van der Waals surface area contributed by atoms with E-state index >= 15 is 0 Å². The summed E-state index contributed by atoms with van der Waals surface area (Å²) in [4.78, 5) is 4.81. The molecule has 0 unspecified atom stereocenters. The molecule has 0 radical (unpaired) electrons. The predicted octanol–water partition coefficient (Wildman–Crippen LogP) is 7.62. The molecule has 1 nitrogen and oxygen atoms in total. The SMILES string of the molecule is c1ccc(-c2c(C3CCCCCC3)cccc2C2CCCCCC2)nc1. The summed E-state index contributed by atoms with van der Waals surface area (Å²) in [5.41, 5.74) is 5.87. The van der Waals surface area contributed by atoms with Crippen molar-refractivity contribution in [3.8, 4) is 11.3 Å². The van der Waals surface area contributed by atoms with E-state index in [4.69, 9.17) is 4.98 Å². The Hall–Kier alpha value is -1.63. The number of hydrogen-bond acceptors (Lipinski definition) is 1. The van der Waals surface area contributed by atoms with Crippen LogP contribution in [0.15, 0.2) is 42.6 Å². The number of nitrogens with zero attached hydrogens (tertiary/aromatic N) is 1. The third-order valence-electron chi connectivity index (χ3n) is 6.64. The Labute approximate surface area is 159 Å². The van der Waals surface area contributed by atoms with Gasteiger partial charge < -0.3 is 0 Å². The molecule has 0 bridgehead atoms. The van der Waals surface area contributed by atoms with Gasteiger partial charge in [-0.3, -0.25) is 4.98 Å². The van der Waals surface area contributed by atoms with Gasteiger partial charge in [-0.25, -0.2) is 0 Å². The van der Waals surface area contributed by atoms with Crippen molar-refractivity contribution in [3.05, 3.63) is 53.7 Å². The van der Waals surface area contributed by atoms with Crippen LogP contribution in [0.5, 0.6) is 0 Å². The van der Waals surface area contributed by atoms with Gasteiger partial charge in [-0.2, -0.15) is 0 Å². The molecule has 2 fully saturated rings. The van der Waals surface area contributed by atoms with Gasteiger partial charge in [0.15, 0.2) is 0 Å². The van der Waals surface area contributed by atoms with Gasteiger partial charge in [0.1, 0.15) is 0 Å². The Morgan fingerprint density at radius 3 is 1.58 bits per heavy atom. The number of benzene rings is 1. The van der Waals surface area contributed by atoms with Crippen LogP contribution in [0.25, 0.3) is 11.3 Å². The minimum absolute atomic E-state index is 0.722. The number of rotatable bonds is 3. The Kier molecular flexibility index (Phi) is 6.04. The zero-order valence-corrected chi connectivity index (χ0v) is 16.1. The average molecular weight is 348 g/mol. The van der Waals surface area contributed by atoms with Crippen molar-refractivity contribution >= 4 is 0 Å². The largest absolute Gasteiger partial charge is 0.256 e. The number of aromatic nitrogens is 1. The molecule has 1 aromatic carbocycles. The lowest BCUT2D eigenvalue weighted by molar-refractivity contribution is 0.579. The first-order chi connectivity index (χ1) is 12.9. The van der Waals surface area contributed by atoms with E-state index in [0.717, 1.165) is 11.8 Å². The molecule has 1 heterocycles. The highest BCUT2D eigenvalue weighted by molar-refractivity contribution is 5.69. The standard InChI is InChI=1S/C25H33N/c1-2-6-13-20(12-5-1)22-16-11-17-23(21-14-7-3-4-8-15-21)25(22)24-18-9-10-19-26-24/h9-11,16-21H,1-8,12-15H2. The second-order valence-corrected chi connectivity index (χ2v) is 8.40. The normalized spacial score (nSPS) is 20.5. The zero-order valence-electron chi connectivity index (χ0n) is 16.1. The summed E-state index contributed by atoms with van der Waals surface area (Å²) in [7, 11) is 0. The molecule has 4 rings (SSSR count). The Morgan fingerprint density at radius 1 is 0.577 bits per heavy atom. The lowest BCUT2D eigenvalue weighted by Crippen LogP contribution is -2.07. The number of hydrogen-bond donors (Lipinski definition) is 0. The maximum absolute atomic E-state index is 4.81. The highest BCUT2D eigenvalue weighted by atomic mass is 14.7. The molecule has 0 atom stereocenters. The van der Waals surface area contributed by atoms with Crippen LogP contribution in [-0.2, 0) is 0 Å². The maximum atomic E-state index is 4.81. The maximum Gasteiger partial charge on any atom is 0.0707 e. The van der Waals surface area contributed by atoms with E-state index in [9.17, 15) is 0 Å². The molecule has 2 saturated carbocycles. The lowest BCUT2D eigenvalue weighted by atomic mass is 9.80. The second-order valence-electron chi connectivity index (χ2n) is 8.40. The van der Waals surface area contributed by atoms with E-state index in [1.54, 1.807) is 11.1 Å². The molecule has 2 aliphatic carbocycles. The van der Waals surface area contributed by atoms with Crippen LogP contribution in [0.2, 0.25) is 0 Å². The number of pyridine rings is 1. The Balaban J connectivity index is 1.79. The average Bonchev–Trinajstić information content (AvgIpc) is 3.13. The molecule has 0 amide bonds. The molecule has 1 heteroatoms. The minimum Gasteiger partial charge on any atom is -0.256 e. The molecular formula is C25H33N. The molecular weight excluding hydrogens is 314 g/mol. The van der Waals surface area contributed by atoms with E-state index in [0.29, 0.717) is 0 Å². The van der Waals surface area contributed by atoms with E-state index < -0.39 is 0 Å². The van der Waals surface area contributed by atoms with Crippen LogP contribution >= 0.6 is 0 Å². The molecule has 0 spiro atoms. The summed E-state index contributed by atoms with van der Waals surface area (Å²) in [5.74, 6) is 1.44. The fraction of sp³-hybridized carbons (Fsp3) is 0.560. The summed E-state index contributed by atoms with van der Waals surface area (Å²) >= 11 is 0. The van der Waals surface area contributed by atoms with Crippen LogP contribution in [0.4, 0.5) is 0 Å². The predicted molar refractivity (Wildman–Crippen MR) is 111 cm³/mol. The van der Waals surface area contributed by atoms with Crippen LogP contribution in [0.1, 0.15) is 100 Å². The van der Waals surface area contributed by atoms with Crippen LogP contribution < -0.4 is 0 Å². The van der Waals surface area contributed by atoms with Crippen molar-refractivity contribution in [2.24, 2.45) is 0 Å². The van der Waals surface area contributed by atoms with E-state index in [2.05, 4.69) is 30.3 Å². The van der Waals surface area contributed by atoms with Gasteiger partial charge >= 0.3 is 0 Å². The van der Waals surface area contributed by atoms with Crippen molar-refractivity contribution < 1.29 is 0 Å². The first-order valence-electron chi connectivity index (χ1n) is 11.0. The van der Waals surface area contributed by atoms with Gasteiger partial charge in [-0.05, 0) is 60.8 Å². The first-order valence-corrected chi connectivity index (χ1v) is 11.0. The molecule has 0 saturated heterocycles. The summed E-state index contributed by atoms with van der Waals surface area (Å²) in [6.07, 6.45) is 18.6. The second kappa shape index (κ2) is 8.84. The van der Waals surface area contributed by atoms with Crippen LogP contribution in [0, 0.1) is 0 Å². The van der Waals surface area contributed by atoms with Gasteiger partial charge in [0.25, 0.3) is 0 Å². The van der Waals surface area contributed by atoms with E-state index in [1.165, 1.54) is 88.3 Å². The monoisotopic (exact) mass is 347 g/mol. The van der Waals surface area contributed by atoms with Crippen molar-refractivity contribution in [2.45, 2.75) is 88.9 Å². The molecule has 138 valence electrons. The van der Waals surface area contributed by atoms with E-state index in [-0.39, 0.29) is 0 Å². The molecule has 2 aliphatic rings. The fourth-order valence-electron chi connectivity index (χ4n) is 5.26. The van der Waals surface area contributed by atoms with Crippen LogP contribution in [-0.4, -0.2) is 4.98 Å². The molecule has 2 aromatic rings. The van der Waals surface area contributed by atoms with Gasteiger partial charge in [0, 0.05) is 11.8 Å². The highest BCUT2D eigenvalue weighted by Gasteiger charge is 2.24. The first kappa shape index (κ1) is 17.8. The summed E-state index contributed by atoms with van der Waals surface area (Å²) < 4.78 is 0. The van der Waals surface area contributed by atoms with Crippen LogP contribution in [0.3, 0.4) is 0 Å². The summed E-state index contributed by atoms with van der Waals surface area (Å²) in [5, 5.41) is 0. The van der Waals surface area contributed by atoms with Gasteiger partial charge in [0.05, 0.1) is 5.69 Å². The van der Waals surface area contributed by atoms with Crippen molar-refractivity contribution in [1.82, 2.24) is 4.98 Å². The summed E-state index contributed by atoms with van der Waals surface area (Å²) in [6, 6.07) is 13.6. The highest BCUT2D eigenvalue weighted by Crippen LogP contribution is 2.43. The third-order valence-corrected chi connectivity index (χ3v) is 6.64. The molecule has 0 N–H and O–H groups in total. The fourth-order valence-corrected chi connectivity index (χ4v) is 5.26. The van der Waals surface area contributed by atoms with E-state index in [1.807, 2.05) is 12.3 Å². The quantitative estimate of drug-likeness (QED) is 0.520.